The molecule has 0 aliphatic carbocycles. The minimum Gasteiger partial charge on any atom is -0.486 e. The van der Waals surface area contributed by atoms with E-state index in [1.807, 2.05) is 6.07 Å². The lowest BCUT2D eigenvalue weighted by Gasteiger charge is -2.24. The van der Waals surface area contributed by atoms with Crippen molar-refractivity contribution >= 4 is 23.2 Å². The highest BCUT2D eigenvalue weighted by Crippen LogP contribution is 2.41. The van der Waals surface area contributed by atoms with Crippen LogP contribution in [0, 0.1) is 0 Å². The van der Waals surface area contributed by atoms with Crippen LogP contribution in [0.1, 0.15) is 43.0 Å². The molecule has 2 unspecified atom stereocenters. The zero-order valence-electron chi connectivity index (χ0n) is 11.9. The molecule has 2 heterocycles. The quantitative estimate of drug-likeness (QED) is 0.746. The SMILES string of the molecule is Clc1cc2c(cc1C(Cl)CCC1CCCCO1)OCCO2. The van der Waals surface area contributed by atoms with Crippen molar-refractivity contribution in [3.05, 3.63) is 22.7 Å². The number of rotatable bonds is 4. The summed E-state index contributed by atoms with van der Waals surface area (Å²) in [6.45, 7) is 2.01. The lowest BCUT2D eigenvalue weighted by Crippen LogP contribution is -2.19. The second kappa shape index (κ2) is 7.08. The molecule has 0 N–H and O–H groups in total. The summed E-state index contributed by atoms with van der Waals surface area (Å²) in [5.41, 5.74) is 0.915. The van der Waals surface area contributed by atoms with Gasteiger partial charge in [0.05, 0.1) is 11.5 Å². The molecule has 0 radical (unpaired) electrons. The molecule has 2 aliphatic heterocycles. The lowest BCUT2D eigenvalue weighted by atomic mass is 10.0. The van der Waals surface area contributed by atoms with Crippen molar-refractivity contribution in [3.8, 4) is 11.5 Å². The minimum absolute atomic E-state index is 0.126. The molecule has 1 saturated heterocycles. The normalized spacial score (nSPS) is 22.9. The summed E-state index contributed by atoms with van der Waals surface area (Å²) in [7, 11) is 0. The molecule has 21 heavy (non-hydrogen) atoms. The molecular weight excluding hydrogens is 311 g/mol. The average molecular weight is 331 g/mol. The molecule has 2 aliphatic rings. The average Bonchev–Trinajstić information content (AvgIpc) is 2.53. The number of benzene rings is 1. The molecule has 0 spiro atoms. The second-order valence-corrected chi connectivity index (χ2v) is 6.48. The topological polar surface area (TPSA) is 27.7 Å². The van der Waals surface area contributed by atoms with Gasteiger partial charge in [-0.25, -0.2) is 0 Å². The van der Waals surface area contributed by atoms with Gasteiger partial charge in [0, 0.05) is 17.7 Å². The third-order valence-electron chi connectivity index (χ3n) is 4.02. The van der Waals surface area contributed by atoms with Crippen LogP contribution in [0.15, 0.2) is 12.1 Å². The van der Waals surface area contributed by atoms with Gasteiger partial charge in [-0.3, -0.25) is 0 Å². The molecule has 0 bridgehead atoms. The van der Waals surface area contributed by atoms with Crippen molar-refractivity contribution < 1.29 is 14.2 Å². The maximum atomic E-state index is 6.54. The highest BCUT2D eigenvalue weighted by Gasteiger charge is 2.21. The zero-order valence-corrected chi connectivity index (χ0v) is 13.5. The first-order chi connectivity index (χ1) is 10.2. The third kappa shape index (κ3) is 3.77. The van der Waals surface area contributed by atoms with Crippen molar-refractivity contribution in [2.75, 3.05) is 19.8 Å². The molecule has 3 rings (SSSR count). The Labute approximate surface area is 135 Å². The van der Waals surface area contributed by atoms with E-state index in [1.165, 1.54) is 12.8 Å². The molecule has 1 aromatic rings. The van der Waals surface area contributed by atoms with Gasteiger partial charge in [0.15, 0.2) is 11.5 Å². The highest BCUT2D eigenvalue weighted by atomic mass is 35.5. The van der Waals surface area contributed by atoms with Crippen LogP contribution in [0.2, 0.25) is 5.02 Å². The highest BCUT2D eigenvalue weighted by molar-refractivity contribution is 6.33. The van der Waals surface area contributed by atoms with Crippen LogP contribution in [-0.4, -0.2) is 25.9 Å². The van der Waals surface area contributed by atoms with Gasteiger partial charge in [0.1, 0.15) is 13.2 Å². The summed E-state index contributed by atoms with van der Waals surface area (Å²) in [6.07, 6.45) is 5.73. The number of ether oxygens (including phenoxy) is 3. The monoisotopic (exact) mass is 330 g/mol. The van der Waals surface area contributed by atoms with Gasteiger partial charge in [-0.15, -0.1) is 11.6 Å². The largest absolute Gasteiger partial charge is 0.486 e. The van der Waals surface area contributed by atoms with Gasteiger partial charge in [0.25, 0.3) is 0 Å². The van der Waals surface area contributed by atoms with Crippen LogP contribution in [0.3, 0.4) is 0 Å². The van der Waals surface area contributed by atoms with Gasteiger partial charge in [0.2, 0.25) is 0 Å². The van der Waals surface area contributed by atoms with Crippen LogP contribution < -0.4 is 9.47 Å². The van der Waals surface area contributed by atoms with Crippen LogP contribution in [-0.2, 0) is 4.74 Å². The Balaban J connectivity index is 1.64. The molecule has 0 saturated carbocycles. The lowest BCUT2D eigenvalue weighted by molar-refractivity contribution is 0.01000. The summed E-state index contributed by atoms with van der Waals surface area (Å²) in [5.74, 6) is 1.44. The van der Waals surface area contributed by atoms with E-state index in [4.69, 9.17) is 37.4 Å². The second-order valence-electron chi connectivity index (χ2n) is 5.55. The Morgan fingerprint density at radius 3 is 2.57 bits per heavy atom. The fourth-order valence-corrected chi connectivity index (χ4v) is 3.49. The number of hydrogen-bond donors (Lipinski definition) is 0. The molecule has 2 atom stereocenters. The predicted octanol–water partition coefficient (Wildman–Crippen LogP) is 4.74. The van der Waals surface area contributed by atoms with Gasteiger partial charge in [-0.2, -0.15) is 0 Å². The van der Waals surface area contributed by atoms with E-state index in [2.05, 4.69) is 0 Å². The number of alkyl halides is 1. The van der Waals surface area contributed by atoms with Crippen LogP contribution in [0.5, 0.6) is 11.5 Å². The first-order valence-electron chi connectivity index (χ1n) is 7.59. The van der Waals surface area contributed by atoms with Gasteiger partial charge in [-0.05, 0) is 43.7 Å². The third-order valence-corrected chi connectivity index (χ3v) is 4.80. The molecule has 0 aromatic heterocycles. The van der Waals surface area contributed by atoms with E-state index in [0.29, 0.717) is 30.1 Å². The van der Waals surface area contributed by atoms with Crippen LogP contribution in [0.25, 0.3) is 0 Å². The predicted molar refractivity (Wildman–Crippen MR) is 83.9 cm³/mol. The van der Waals surface area contributed by atoms with E-state index in [9.17, 15) is 0 Å². The molecule has 116 valence electrons. The smallest absolute Gasteiger partial charge is 0.162 e. The Kier molecular flexibility index (Phi) is 5.15. The maximum absolute atomic E-state index is 6.54. The standard InChI is InChI=1S/C16H20Cl2O3/c17-13(5-4-11-3-1-2-6-19-11)12-9-15-16(10-14(12)18)21-8-7-20-15/h9-11,13H,1-8H2. The van der Waals surface area contributed by atoms with E-state index >= 15 is 0 Å². The summed E-state index contributed by atoms with van der Waals surface area (Å²) in [6, 6.07) is 3.72. The first-order valence-corrected chi connectivity index (χ1v) is 8.40. The molecule has 1 fully saturated rings. The number of halogens is 2. The van der Waals surface area contributed by atoms with E-state index < -0.39 is 0 Å². The summed E-state index contributed by atoms with van der Waals surface area (Å²) in [4.78, 5) is 0. The zero-order chi connectivity index (χ0) is 14.7. The van der Waals surface area contributed by atoms with Gasteiger partial charge < -0.3 is 14.2 Å². The van der Waals surface area contributed by atoms with Gasteiger partial charge >= 0.3 is 0 Å². The van der Waals surface area contributed by atoms with E-state index in [0.717, 1.165) is 37.2 Å². The summed E-state index contributed by atoms with van der Waals surface area (Å²) in [5, 5.41) is 0.516. The molecule has 3 nitrogen and oxygen atoms in total. The molecule has 5 heteroatoms. The van der Waals surface area contributed by atoms with E-state index in [-0.39, 0.29) is 5.38 Å². The minimum atomic E-state index is -0.126. The van der Waals surface area contributed by atoms with Crippen molar-refractivity contribution in [1.29, 1.82) is 0 Å². The fraction of sp³-hybridized carbons (Fsp3) is 0.625. The number of fused-ring (bicyclic) bond motifs is 1. The fourth-order valence-electron chi connectivity index (χ4n) is 2.84. The summed E-state index contributed by atoms with van der Waals surface area (Å²) < 4.78 is 16.9. The van der Waals surface area contributed by atoms with Crippen LogP contribution >= 0.6 is 23.2 Å². The van der Waals surface area contributed by atoms with E-state index in [1.54, 1.807) is 6.07 Å². The Hall–Kier alpha value is -0.640. The van der Waals surface area contributed by atoms with Crippen molar-refractivity contribution in [1.82, 2.24) is 0 Å². The molecule has 1 aromatic carbocycles. The molecule has 0 amide bonds. The molecular formula is C16H20Cl2O3. The summed E-state index contributed by atoms with van der Waals surface area (Å²) >= 11 is 12.9. The van der Waals surface area contributed by atoms with Gasteiger partial charge in [-0.1, -0.05) is 11.6 Å². The van der Waals surface area contributed by atoms with Crippen molar-refractivity contribution in [3.63, 3.8) is 0 Å². The number of hydrogen-bond acceptors (Lipinski definition) is 3. The van der Waals surface area contributed by atoms with Crippen molar-refractivity contribution in [2.45, 2.75) is 43.6 Å². The van der Waals surface area contributed by atoms with Crippen molar-refractivity contribution in [2.24, 2.45) is 0 Å². The maximum Gasteiger partial charge on any atom is 0.162 e. The Bertz CT molecular complexity index is 487. The Morgan fingerprint density at radius 1 is 1.10 bits per heavy atom. The first kappa shape index (κ1) is 15.3. The van der Waals surface area contributed by atoms with Crippen LogP contribution in [0.4, 0.5) is 0 Å². The Morgan fingerprint density at radius 2 is 1.86 bits per heavy atom.